The molecule has 2 nitrogen and oxygen atoms in total. The third-order valence-corrected chi connectivity index (χ3v) is 4.01. The first-order valence-electron chi connectivity index (χ1n) is 7.21. The molecule has 0 radical (unpaired) electrons. The van der Waals surface area contributed by atoms with Gasteiger partial charge in [0.15, 0.2) is 0 Å². The fraction of sp³-hybridized carbons (Fsp3) is 0.158. The second-order valence-corrected chi connectivity index (χ2v) is 5.42. The van der Waals surface area contributed by atoms with E-state index in [1.807, 2.05) is 43.3 Å². The van der Waals surface area contributed by atoms with Gasteiger partial charge < -0.3 is 5.11 Å². The summed E-state index contributed by atoms with van der Waals surface area (Å²) in [6.45, 7) is 1.87. The zero-order valence-electron chi connectivity index (χ0n) is 12.1. The average molecular weight is 277 g/mol. The fourth-order valence-electron chi connectivity index (χ4n) is 2.52. The Morgan fingerprint density at radius 1 is 0.857 bits per heavy atom. The third kappa shape index (κ3) is 2.68. The molecular weight excluding hydrogens is 258 g/mol. The Bertz CT molecular complexity index is 760. The maximum absolute atomic E-state index is 10.1. The number of hydrogen-bond donors (Lipinski definition) is 2. The van der Waals surface area contributed by atoms with Crippen LogP contribution in [-0.4, -0.2) is 5.11 Å². The molecule has 3 rings (SSSR count). The van der Waals surface area contributed by atoms with Crippen molar-refractivity contribution in [3.05, 3.63) is 72.3 Å². The van der Waals surface area contributed by atoms with E-state index in [1.54, 1.807) is 0 Å². The number of fused-ring (bicyclic) bond motifs is 1. The number of hydrogen-bond acceptors (Lipinski definition) is 2. The molecule has 2 heteroatoms. The summed E-state index contributed by atoms with van der Waals surface area (Å²) in [6.07, 6.45) is 0.488. The maximum atomic E-state index is 10.1. The van der Waals surface area contributed by atoms with Gasteiger partial charge in [0.25, 0.3) is 0 Å². The molecule has 0 bridgehead atoms. The number of nitrogens with two attached hydrogens (primary N) is 1. The van der Waals surface area contributed by atoms with Crippen molar-refractivity contribution in [2.24, 2.45) is 5.73 Å². The maximum Gasteiger partial charge on any atom is 0.139 e. The van der Waals surface area contributed by atoms with Crippen LogP contribution in [0, 0.1) is 0 Å². The second kappa shape index (κ2) is 5.32. The lowest BCUT2D eigenvalue weighted by atomic mass is 9.96. The van der Waals surface area contributed by atoms with Gasteiger partial charge in [-0.05, 0) is 39.9 Å². The Balaban J connectivity index is 1.99. The summed E-state index contributed by atoms with van der Waals surface area (Å²) >= 11 is 0. The van der Waals surface area contributed by atoms with Crippen molar-refractivity contribution in [2.45, 2.75) is 19.1 Å². The molecule has 1 atom stereocenters. The lowest BCUT2D eigenvalue weighted by Crippen LogP contribution is -2.35. The molecule has 0 saturated heterocycles. The molecule has 106 valence electrons. The molecule has 0 aliphatic rings. The van der Waals surface area contributed by atoms with E-state index in [1.165, 1.54) is 10.8 Å². The summed E-state index contributed by atoms with van der Waals surface area (Å²) < 4.78 is 0. The molecule has 0 amide bonds. The molecule has 0 heterocycles. The third-order valence-electron chi connectivity index (χ3n) is 4.01. The van der Waals surface area contributed by atoms with Gasteiger partial charge in [0.2, 0.25) is 0 Å². The van der Waals surface area contributed by atoms with E-state index >= 15 is 0 Å². The van der Waals surface area contributed by atoms with Crippen molar-refractivity contribution < 1.29 is 5.11 Å². The average Bonchev–Trinajstić information content (AvgIpc) is 2.54. The Morgan fingerprint density at radius 2 is 1.48 bits per heavy atom. The topological polar surface area (TPSA) is 46.2 Å². The van der Waals surface area contributed by atoms with Crippen LogP contribution in [0.15, 0.2) is 66.7 Å². The van der Waals surface area contributed by atoms with Crippen molar-refractivity contribution >= 4 is 10.8 Å². The van der Waals surface area contributed by atoms with Crippen molar-refractivity contribution in [1.82, 2.24) is 0 Å². The standard InChI is InChI=1S/C19H19NO/c1-2-19(20,21)18-11-9-15(10-12-18)17-8-7-14-5-3-4-6-16(14)13-17/h3-13,21H,2,20H2,1H3/t19-/m0/s1. The first kappa shape index (κ1) is 13.8. The largest absolute Gasteiger partial charge is 0.372 e. The van der Waals surface area contributed by atoms with Gasteiger partial charge in [-0.2, -0.15) is 0 Å². The zero-order chi connectivity index (χ0) is 14.9. The predicted molar refractivity (Wildman–Crippen MR) is 87.8 cm³/mol. The smallest absolute Gasteiger partial charge is 0.139 e. The van der Waals surface area contributed by atoms with Crippen molar-refractivity contribution in [2.75, 3.05) is 0 Å². The lowest BCUT2D eigenvalue weighted by Gasteiger charge is -2.21. The molecule has 0 saturated carbocycles. The Kier molecular flexibility index (Phi) is 3.50. The number of aliphatic hydroxyl groups is 1. The van der Waals surface area contributed by atoms with Gasteiger partial charge >= 0.3 is 0 Å². The molecule has 21 heavy (non-hydrogen) atoms. The van der Waals surface area contributed by atoms with Crippen molar-refractivity contribution in [3.63, 3.8) is 0 Å². The summed E-state index contributed by atoms with van der Waals surface area (Å²) in [4.78, 5) is 0. The minimum atomic E-state index is -1.25. The Morgan fingerprint density at radius 3 is 2.14 bits per heavy atom. The van der Waals surface area contributed by atoms with Crippen LogP contribution in [0.5, 0.6) is 0 Å². The van der Waals surface area contributed by atoms with Crippen LogP contribution < -0.4 is 5.73 Å². The van der Waals surface area contributed by atoms with Crippen LogP contribution in [0.25, 0.3) is 21.9 Å². The minimum Gasteiger partial charge on any atom is -0.372 e. The molecule has 0 aromatic heterocycles. The van der Waals surface area contributed by atoms with Gasteiger partial charge in [-0.15, -0.1) is 0 Å². The van der Waals surface area contributed by atoms with Crippen LogP contribution in [0.3, 0.4) is 0 Å². The highest BCUT2D eigenvalue weighted by atomic mass is 16.3. The molecule has 0 unspecified atom stereocenters. The highest BCUT2D eigenvalue weighted by Crippen LogP contribution is 2.27. The Hall–Kier alpha value is -2.16. The molecule has 0 fully saturated rings. The van der Waals surface area contributed by atoms with Gasteiger partial charge in [-0.3, -0.25) is 5.73 Å². The van der Waals surface area contributed by atoms with Crippen molar-refractivity contribution in [3.8, 4) is 11.1 Å². The molecule has 3 aromatic rings. The van der Waals surface area contributed by atoms with Crippen LogP contribution in [0.1, 0.15) is 18.9 Å². The molecule has 3 aromatic carbocycles. The number of benzene rings is 3. The highest BCUT2D eigenvalue weighted by Gasteiger charge is 2.20. The Labute approximate surface area is 124 Å². The van der Waals surface area contributed by atoms with Crippen LogP contribution in [0.4, 0.5) is 0 Å². The van der Waals surface area contributed by atoms with Gasteiger partial charge in [0, 0.05) is 0 Å². The summed E-state index contributed by atoms with van der Waals surface area (Å²) in [5.74, 6) is 0. The zero-order valence-corrected chi connectivity index (χ0v) is 12.1. The van der Waals surface area contributed by atoms with E-state index in [0.717, 1.165) is 16.7 Å². The monoisotopic (exact) mass is 277 g/mol. The highest BCUT2D eigenvalue weighted by molar-refractivity contribution is 5.87. The van der Waals surface area contributed by atoms with Crippen LogP contribution in [-0.2, 0) is 5.72 Å². The van der Waals surface area contributed by atoms with E-state index in [9.17, 15) is 5.11 Å². The van der Waals surface area contributed by atoms with Gasteiger partial charge in [-0.1, -0.05) is 67.6 Å². The van der Waals surface area contributed by atoms with E-state index in [2.05, 4.69) is 30.3 Å². The lowest BCUT2D eigenvalue weighted by molar-refractivity contribution is 0.0395. The van der Waals surface area contributed by atoms with Crippen molar-refractivity contribution in [1.29, 1.82) is 0 Å². The van der Waals surface area contributed by atoms with Crippen LogP contribution >= 0.6 is 0 Å². The van der Waals surface area contributed by atoms with Gasteiger partial charge in [0.05, 0.1) is 0 Å². The predicted octanol–water partition coefficient (Wildman–Crippen LogP) is 4.02. The normalized spacial score (nSPS) is 14.0. The molecule has 3 N–H and O–H groups in total. The van der Waals surface area contributed by atoms with Gasteiger partial charge in [-0.25, -0.2) is 0 Å². The summed E-state index contributed by atoms with van der Waals surface area (Å²) in [7, 11) is 0. The molecular formula is C19H19NO. The first-order chi connectivity index (χ1) is 10.1. The SMILES string of the molecule is CC[C@](N)(O)c1ccc(-c2ccc3ccccc3c2)cc1. The number of rotatable bonds is 3. The summed E-state index contributed by atoms with van der Waals surface area (Å²) in [5.41, 5.74) is 7.64. The molecule has 0 aliphatic heterocycles. The summed E-state index contributed by atoms with van der Waals surface area (Å²) in [5, 5.41) is 12.5. The summed E-state index contributed by atoms with van der Waals surface area (Å²) in [6, 6.07) is 22.5. The minimum absolute atomic E-state index is 0.488. The van der Waals surface area contributed by atoms with E-state index < -0.39 is 5.72 Å². The fourth-order valence-corrected chi connectivity index (χ4v) is 2.52. The van der Waals surface area contributed by atoms with E-state index in [-0.39, 0.29) is 0 Å². The van der Waals surface area contributed by atoms with E-state index in [4.69, 9.17) is 5.73 Å². The van der Waals surface area contributed by atoms with E-state index in [0.29, 0.717) is 6.42 Å². The van der Waals surface area contributed by atoms with Crippen LogP contribution in [0.2, 0.25) is 0 Å². The molecule has 0 aliphatic carbocycles. The first-order valence-corrected chi connectivity index (χ1v) is 7.21. The quantitative estimate of drug-likeness (QED) is 0.710. The second-order valence-electron chi connectivity index (χ2n) is 5.42. The van der Waals surface area contributed by atoms with Gasteiger partial charge in [0.1, 0.15) is 5.72 Å². The molecule has 0 spiro atoms.